The van der Waals surface area contributed by atoms with E-state index in [2.05, 4.69) is 46.3 Å². The van der Waals surface area contributed by atoms with Crippen LogP contribution in [0.1, 0.15) is 25.0 Å². The number of benzene rings is 2. The largest absolute Gasteiger partial charge is 0.322 e. The molecular formula is C24H30N4O2. The van der Waals surface area contributed by atoms with Crippen molar-refractivity contribution >= 4 is 23.2 Å². The summed E-state index contributed by atoms with van der Waals surface area (Å²) in [7, 11) is 0. The first-order chi connectivity index (χ1) is 14.3. The zero-order chi connectivity index (χ0) is 21.3. The maximum Gasteiger partial charge on any atom is 0.250 e. The second kappa shape index (κ2) is 8.20. The highest BCUT2D eigenvalue weighted by Gasteiger charge is 2.43. The number of rotatable bonds is 4. The Bertz CT molecular complexity index is 948. The van der Waals surface area contributed by atoms with Gasteiger partial charge in [0.15, 0.2) is 0 Å². The van der Waals surface area contributed by atoms with Crippen molar-refractivity contribution in [3.05, 3.63) is 59.7 Å². The fourth-order valence-electron chi connectivity index (χ4n) is 4.33. The van der Waals surface area contributed by atoms with Crippen LogP contribution in [0.3, 0.4) is 0 Å². The number of piperazine rings is 1. The van der Waals surface area contributed by atoms with Gasteiger partial charge in [0.1, 0.15) is 5.54 Å². The summed E-state index contributed by atoms with van der Waals surface area (Å²) in [5.41, 5.74) is 3.16. The predicted molar refractivity (Wildman–Crippen MR) is 120 cm³/mol. The van der Waals surface area contributed by atoms with Crippen molar-refractivity contribution in [2.75, 3.05) is 42.9 Å². The minimum atomic E-state index is -0.918. The molecule has 6 nitrogen and oxygen atoms in total. The normalized spacial score (nSPS) is 19.3. The predicted octanol–water partition coefficient (Wildman–Crippen LogP) is 2.88. The molecule has 1 saturated heterocycles. The number of hydrogen-bond donors (Lipinski definition) is 1. The van der Waals surface area contributed by atoms with Gasteiger partial charge in [-0.2, -0.15) is 0 Å². The SMILES string of the molecule is Cc1cccc(CN2CCN(CC(=O)N3c4ccccc4NC(=O)C3(C)C)CC2)c1. The van der Waals surface area contributed by atoms with Crippen LogP contribution in [-0.4, -0.2) is 59.9 Å². The number of hydrogen-bond acceptors (Lipinski definition) is 4. The maximum absolute atomic E-state index is 13.3. The van der Waals surface area contributed by atoms with Crippen molar-refractivity contribution < 1.29 is 9.59 Å². The first kappa shape index (κ1) is 20.6. The Kier molecular flexibility index (Phi) is 5.62. The summed E-state index contributed by atoms with van der Waals surface area (Å²) in [6.45, 7) is 10.5. The van der Waals surface area contributed by atoms with Crippen LogP contribution in [-0.2, 0) is 16.1 Å². The van der Waals surface area contributed by atoms with Gasteiger partial charge in [0.05, 0.1) is 17.9 Å². The zero-order valence-electron chi connectivity index (χ0n) is 18.0. The Labute approximate surface area is 178 Å². The minimum Gasteiger partial charge on any atom is -0.322 e. The van der Waals surface area contributed by atoms with Gasteiger partial charge < -0.3 is 5.32 Å². The van der Waals surface area contributed by atoms with E-state index in [9.17, 15) is 9.59 Å². The van der Waals surface area contributed by atoms with Crippen molar-refractivity contribution in [3.63, 3.8) is 0 Å². The number of nitrogens with zero attached hydrogens (tertiary/aromatic N) is 3. The van der Waals surface area contributed by atoms with Crippen LogP contribution in [0.25, 0.3) is 0 Å². The summed E-state index contributed by atoms with van der Waals surface area (Å²) >= 11 is 0. The lowest BCUT2D eigenvalue weighted by Crippen LogP contribution is -2.61. The Morgan fingerprint density at radius 2 is 1.70 bits per heavy atom. The molecule has 0 aliphatic carbocycles. The van der Waals surface area contributed by atoms with E-state index in [-0.39, 0.29) is 11.8 Å². The van der Waals surface area contributed by atoms with Gasteiger partial charge in [0, 0.05) is 32.7 Å². The lowest BCUT2D eigenvalue weighted by atomic mass is 9.96. The smallest absolute Gasteiger partial charge is 0.250 e. The average molecular weight is 407 g/mol. The van der Waals surface area contributed by atoms with Crippen LogP contribution in [0.4, 0.5) is 11.4 Å². The lowest BCUT2D eigenvalue weighted by molar-refractivity contribution is -0.127. The first-order valence-corrected chi connectivity index (χ1v) is 10.6. The molecule has 1 N–H and O–H groups in total. The third-order valence-corrected chi connectivity index (χ3v) is 6.07. The van der Waals surface area contributed by atoms with Gasteiger partial charge in [-0.1, -0.05) is 42.0 Å². The van der Waals surface area contributed by atoms with Gasteiger partial charge in [-0.3, -0.25) is 24.3 Å². The second-order valence-corrected chi connectivity index (χ2v) is 8.80. The van der Waals surface area contributed by atoms with E-state index in [4.69, 9.17) is 0 Å². The molecule has 4 rings (SSSR count). The highest BCUT2D eigenvalue weighted by molar-refractivity contribution is 6.14. The molecule has 30 heavy (non-hydrogen) atoms. The molecule has 2 aromatic rings. The fraction of sp³-hybridized carbons (Fsp3) is 0.417. The van der Waals surface area contributed by atoms with Crippen LogP contribution < -0.4 is 10.2 Å². The molecule has 0 unspecified atom stereocenters. The van der Waals surface area contributed by atoms with Gasteiger partial charge in [-0.15, -0.1) is 0 Å². The van der Waals surface area contributed by atoms with Crippen molar-refractivity contribution in [3.8, 4) is 0 Å². The molecule has 0 bridgehead atoms. The zero-order valence-corrected chi connectivity index (χ0v) is 18.0. The number of anilines is 2. The summed E-state index contributed by atoms with van der Waals surface area (Å²) in [4.78, 5) is 32.2. The molecule has 0 spiro atoms. The number of carbonyl (C=O) groups is 2. The highest BCUT2D eigenvalue weighted by Crippen LogP contribution is 2.36. The van der Waals surface area contributed by atoms with E-state index < -0.39 is 5.54 Å². The molecule has 6 heteroatoms. The van der Waals surface area contributed by atoms with E-state index in [1.54, 1.807) is 18.7 Å². The lowest BCUT2D eigenvalue weighted by Gasteiger charge is -2.43. The molecule has 0 atom stereocenters. The van der Waals surface area contributed by atoms with Crippen molar-refractivity contribution in [2.24, 2.45) is 0 Å². The number of fused-ring (bicyclic) bond motifs is 1. The number of carbonyl (C=O) groups excluding carboxylic acids is 2. The summed E-state index contributed by atoms with van der Waals surface area (Å²) in [6.07, 6.45) is 0. The Balaban J connectivity index is 1.39. The average Bonchev–Trinajstić information content (AvgIpc) is 2.70. The standard InChI is InChI=1S/C24H30N4O2/c1-18-7-6-8-19(15-18)16-26-11-13-27(14-12-26)17-22(29)28-21-10-5-4-9-20(21)25-23(30)24(28,2)3/h4-10,15H,11-14,16-17H2,1-3H3,(H,25,30). The van der Waals surface area contributed by atoms with Gasteiger partial charge in [0.25, 0.3) is 0 Å². The first-order valence-electron chi connectivity index (χ1n) is 10.6. The van der Waals surface area contributed by atoms with Crippen LogP contribution >= 0.6 is 0 Å². The molecule has 2 heterocycles. The summed E-state index contributed by atoms with van der Waals surface area (Å²) < 4.78 is 0. The summed E-state index contributed by atoms with van der Waals surface area (Å²) in [6, 6.07) is 16.1. The highest BCUT2D eigenvalue weighted by atomic mass is 16.2. The quantitative estimate of drug-likeness (QED) is 0.848. The van der Waals surface area contributed by atoms with Gasteiger partial charge >= 0.3 is 0 Å². The van der Waals surface area contributed by atoms with Crippen LogP contribution in [0.5, 0.6) is 0 Å². The molecule has 2 aliphatic heterocycles. The topological polar surface area (TPSA) is 55.9 Å². The molecule has 0 saturated carbocycles. The van der Waals surface area contributed by atoms with Gasteiger partial charge in [-0.25, -0.2) is 0 Å². The molecule has 2 amide bonds. The summed E-state index contributed by atoms with van der Waals surface area (Å²) in [5, 5.41) is 2.92. The molecule has 0 radical (unpaired) electrons. The minimum absolute atomic E-state index is 0.0329. The Morgan fingerprint density at radius 3 is 2.43 bits per heavy atom. The number of amides is 2. The molecule has 158 valence electrons. The van der Waals surface area contributed by atoms with E-state index in [1.807, 2.05) is 24.3 Å². The Morgan fingerprint density at radius 1 is 1.00 bits per heavy atom. The molecule has 2 aliphatic rings. The molecule has 1 fully saturated rings. The maximum atomic E-state index is 13.3. The molecular weight excluding hydrogens is 376 g/mol. The van der Waals surface area contributed by atoms with Gasteiger partial charge in [-0.05, 0) is 38.5 Å². The van der Waals surface area contributed by atoms with Crippen molar-refractivity contribution in [2.45, 2.75) is 32.9 Å². The monoisotopic (exact) mass is 406 g/mol. The van der Waals surface area contributed by atoms with E-state index in [0.717, 1.165) is 38.4 Å². The van der Waals surface area contributed by atoms with Gasteiger partial charge in [0.2, 0.25) is 11.8 Å². The van der Waals surface area contributed by atoms with Crippen molar-refractivity contribution in [1.82, 2.24) is 9.80 Å². The second-order valence-electron chi connectivity index (χ2n) is 8.80. The molecule has 0 aromatic heterocycles. The number of nitrogens with one attached hydrogen (secondary N) is 1. The van der Waals surface area contributed by atoms with E-state index in [1.165, 1.54) is 11.1 Å². The fourth-order valence-corrected chi connectivity index (χ4v) is 4.33. The number of aryl methyl sites for hydroxylation is 1. The third-order valence-electron chi connectivity index (χ3n) is 6.07. The molecule has 2 aromatic carbocycles. The van der Waals surface area contributed by atoms with E-state index in [0.29, 0.717) is 12.2 Å². The van der Waals surface area contributed by atoms with E-state index >= 15 is 0 Å². The number of para-hydroxylation sites is 2. The van der Waals surface area contributed by atoms with Crippen LogP contribution in [0, 0.1) is 6.92 Å². The van der Waals surface area contributed by atoms with Crippen LogP contribution in [0.15, 0.2) is 48.5 Å². The third kappa shape index (κ3) is 4.11. The van der Waals surface area contributed by atoms with Crippen LogP contribution in [0.2, 0.25) is 0 Å². The van der Waals surface area contributed by atoms with Crippen molar-refractivity contribution in [1.29, 1.82) is 0 Å². The summed E-state index contributed by atoms with van der Waals surface area (Å²) in [5.74, 6) is -0.188. The Hall–Kier alpha value is -2.70.